The van der Waals surface area contributed by atoms with Crippen LogP contribution >= 0.6 is 0 Å². The Morgan fingerprint density at radius 2 is 1.29 bits per heavy atom. The molecule has 4 aromatic rings. The minimum Gasteiger partial charge on any atom is -0.850 e. The summed E-state index contributed by atoms with van der Waals surface area (Å²) in [7, 11) is 1.57. The van der Waals surface area contributed by atoms with Crippen LogP contribution in [0.5, 0.6) is 0 Å². The van der Waals surface area contributed by atoms with Crippen LogP contribution in [0.2, 0.25) is 0 Å². The molecule has 5 N–H and O–H groups in total. The number of carbonyl (C=O) groups excluding carboxylic acids is 2. The Morgan fingerprint density at radius 3 is 1.77 bits per heavy atom. The first kappa shape index (κ1) is 48.7. The quantitative estimate of drug-likeness (QED) is 0.0514. The maximum absolute atomic E-state index is 13.7. The third-order valence-corrected chi connectivity index (χ3v) is 8.57. The number of ether oxygens (including phenoxy) is 1. The summed E-state index contributed by atoms with van der Waals surface area (Å²) in [4.78, 5) is 47.1. The second kappa shape index (κ2) is 28.9. The van der Waals surface area contributed by atoms with Crippen LogP contribution in [0.4, 0.5) is 0 Å². The molecule has 0 aromatic carbocycles. The first-order valence-electron chi connectivity index (χ1n) is 18.7. The molecule has 0 radical (unpaired) electrons. The number of nitrogens with two attached hydrogens (primary N) is 1. The van der Waals surface area contributed by atoms with E-state index in [9.17, 15) is 19.8 Å². The van der Waals surface area contributed by atoms with Crippen molar-refractivity contribution in [1.82, 2.24) is 40.4 Å². The number of aliphatic hydroxyl groups excluding tert-OH is 1. The summed E-state index contributed by atoms with van der Waals surface area (Å²) in [5.74, 6) is -0.319. The van der Waals surface area contributed by atoms with Crippen LogP contribution in [0.15, 0.2) is 91.5 Å². The zero-order valence-corrected chi connectivity index (χ0v) is 38.6. The summed E-state index contributed by atoms with van der Waals surface area (Å²) < 4.78 is 4.92. The predicted molar refractivity (Wildman–Crippen MR) is 202 cm³/mol. The van der Waals surface area contributed by atoms with Crippen LogP contribution in [0.25, 0.3) is 0 Å². The molecule has 4 heterocycles. The number of hydrogen-bond acceptors (Lipinski definition) is 11. The van der Waals surface area contributed by atoms with Crippen LogP contribution in [-0.2, 0) is 74.7 Å². The molecular weight excluding hydrogens is 817 g/mol. The molecule has 16 heteroatoms. The monoisotopic (exact) mass is 869 g/mol. The van der Waals surface area contributed by atoms with Gasteiger partial charge in [-0.15, -0.1) is 6.10 Å². The molecule has 4 aromatic heterocycles. The van der Waals surface area contributed by atoms with Crippen molar-refractivity contribution in [2.45, 2.75) is 64.1 Å². The van der Waals surface area contributed by atoms with Gasteiger partial charge in [0.05, 0.1) is 41.5 Å². The van der Waals surface area contributed by atoms with Crippen molar-refractivity contribution < 1.29 is 68.8 Å². The van der Waals surface area contributed by atoms with Gasteiger partial charge >= 0.3 is 0 Å². The van der Waals surface area contributed by atoms with E-state index >= 15 is 0 Å². The number of methoxy groups -OCH3 is 1. The Labute approximate surface area is 356 Å². The first-order chi connectivity index (χ1) is 26.4. The number of amides is 2. The minimum atomic E-state index is -0.942. The average Bonchev–Trinajstić information content (AvgIpc) is 3.17. The van der Waals surface area contributed by atoms with Gasteiger partial charge in [-0.05, 0) is 80.9 Å². The maximum atomic E-state index is 13.7. The molecule has 56 heavy (non-hydrogen) atoms. The Bertz CT molecular complexity index is 1580. The Balaban J connectivity index is 0.00000541. The number of quaternary nitrogens is 1. The molecule has 0 saturated carbocycles. The molecular formula is C40H55N9O5Zn2. The summed E-state index contributed by atoms with van der Waals surface area (Å²) in [5, 5.41) is 31.1. The van der Waals surface area contributed by atoms with E-state index < -0.39 is 12.2 Å². The van der Waals surface area contributed by atoms with Crippen LogP contribution in [0, 0.1) is 0 Å². The van der Waals surface area contributed by atoms with Crippen LogP contribution in [-0.4, -0.2) is 112 Å². The van der Waals surface area contributed by atoms with Crippen molar-refractivity contribution in [3.63, 3.8) is 0 Å². The number of hydrogen-bond donors (Lipinski definition) is 4. The van der Waals surface area contributed by atoms with Crippen molar-refractivity contribution in [3.05, 3.63) is 120 Å². The molecule has 14 nitrogen and oxygen atoms in total. The normalized spacial score (nSPS) is 12.0. The molecule has 0 aliphatic rings. The van der Waals surface area contributed by atoms with Crippen molar-refractivity contribution in [3.8, 4) is 0 Å². The fraction of sp³-hybridized carbons (Fsp3) is 0.450. The summed E-state index contributed by atoms with van der Waals surface area (Å²) in [6, 6.07) is 20.8. The van der Waals surface area contributed by atoms with Gasteiger partial charge in [0, 0.05) is 117 Å². The Morgan fingerprint density at radius 1 is 0.750 bits per heavy atom. The van der Waals surface area contributed by atoms with Gasteiger partial charge in [-0.25, -0.2) is 0 Å². The van der Waals surface area contributed by atoms with E-state index in [0.717, 1.165) is 48.6 Å². The second-order valence-electron chi connectivity index (χ2n) is 13.3. The van der Waals surface area contributed by atoms with Crippen molar-refractivity contribution in [2.24, 2.45) is 0 Å². The number of nitrogens with one attached hydrogen (secondary N) is 2. The number of carbonyl (C=O) groups is 2. The topological polar surface area (TPSA) is 185 Å². The molecule has 0 aliphatic heterocycles. The molecule has 2 unspecified atom stereocenters. The summed E-state index contributed by atoms with van der Waals surface area (Å²) in [6.45, 7) is 4.94. The second-order valence-corrected chi connectivity index (χ2v) is 13.3. The van der Waals surface area contributed by atoms with Crippen LogP contribution in [0.1, 0.15) is 58.8 Å². The zero-order chi connectivity index (χ0) is 38.2. The van der Waals surface area contributed by atoms with Gasteiger partial charge in [-0.1, -0.05) is 18.2 Å². The minimum absolute atomic E-state index is 0. The van der Waals surface area contributed by atoms with E-state index in [1.165, 1.54) is 6.20 Å². The first-order valence-corrected chi connectivity index (χ1v) is 18.7. The van der Waals surface area contributed by atoms with E-state index in [1.807, 2.05) is 59.5 Å². The summed E-state index contributed by atoms with van der Waals surface area (Å²) in [6.07, 6.45) is 8.50. The smallest absolute Gasteiger partial charge is 0.252 e. The molecule has 0 saturated heterocycles. The summed E-state index contributed by atoms with van der Waals surface area (Å²) in [5.41, 5.74) is 3.75. The molecule has 4 rings (SSSR count). The van der Waals surface area contributed by atoms with E-state index in [4.69, 9.17) is 4.74 Å². The van der Waals surface area contributed by atoms with Gasteiger partial charge < -0.3 is 30.9 Å². The average molecular weight is 873 g/mol. The standard InChI is InChI=1S/C40H54N9O5.2Zn/c1-54-31-37(50)24-41-17-7-2-3-14-39(52)45-21-22-46-40(53)32-15-16-36(47-23-32)28-49(27-35-13-6-10-20-44-35)30-38(51)29-48(25-33-11-4-8-18-42-33)26-34-12-5-9-19-43-34;;/h4-6,8-13,15-16,18-20,23,37-38,41,50H,2-3,7,14,17,21-22,24-31H2,1H3,(H,45,52)(H,46,53);;/q-1;;/p+1. The van der Waals surface area contributed by atoms with Crippen LogP contribution < -0.4 is 21.1 Å². The molecule has 0 aliphatic carbocycles. The van der Waals surface area contributed by atoms with Crippen LogP contribution in [0.3, 0.4) is 0 Å². The van der Waals surface area contributed by atoms with Gasteiger partial charge in [0.25, 0.3) is 5.91 Å². The Kier molecular flexibility index (Phi) is 25.1. The number of rotatable bonds is 26. The molecule has 0 spiro atoms. The van der Waals surface area contributed by atoms with Gasteiger partial charge in [0.2, 0.25) is 5.91 Å². The molecule has 0 fully saturated rings. The van der Waals surface area contributed by atoms with Crippen molar-refractivity contribution in [1.29, 1.82) is 0 Å². The van der Waals surface area contributed by atoms with Gasteiger partial charge in [-0.3, -0.25) is 39.3 Å². The number of pyridine rings is 4. The van der Waals surface area contributed by atoms with E-state index in [0.29, 0.717) is 70.9 Å². The van der Waals surface area contributed by atoms with E-state index in [2.05, 4.69) is 40.8 Å². The van der Waals surface area contributed by atoms with Crippen molar-refractivity contribution in [2.75, 3.05) is 53.0 Å². The van der Waals surface area contributed by atoms with Gasteiger partial charge in [0.1, 0.15) is 12.6 Å². The zero-order valence-electron chi connectivity index (χ0n) is 32.7. The van der Waals surface area contributed by atoms with E-state index in [-0.39, 0.29) is 57.3 Å². The van der Waals surface area contributed by atoms with E-state index in [1.54, 1.807) is 37.8 Å². The molecule has 0 bridgehead atoms. The number of unbranched alkanes of at least 4 members (excludes halogenated alkanes) is 2. The number of nitrogens with zero attached hydrogens (tertiary/aromatic N) is 6. The van der Waals surface area contributed by atoms with Crippen molar-refractivity contribution >= 4 is 11.8 Å². The fourth-order valence-electron chi connectivity index (χ4n) is 5.94. The SMILES string of the molecule is COCC(O)C[NH2+]CCCCCC(=O)NCCNC(=O)c1ccc(CN(Cc2ccccn2)CC([O-])CN(Cc2ccccn2)Cc2ccccn2)nc1.[Zn].[Zn]. The van der Waals surface area contributed by atoms with Gasteiger partial charge in [-0.2, -0.15) is 0 Å². The number of aliphatic hydroxyl groups is 1. The third-order valence-electron chi connectivity index (χ3n) is 8.57. The fourth-order valence-corrected chi connectivity index (χ4v) is 5.94. The largest absolute Gasteiger partial charge is 0.850 e. The molecule has 2 atom stereocenters. The summed E-state index contributed by atoms with van der Waals surface area (Å²) >= 11 is 0. The molecule has 294 valence electrons. The number of aromatic nitrogens is 4. The third kappa shape index (κ3) is 20.1. The van der Waals surface area contributed by atoms with Gasteiger partial charge in [0.15, 0.2) is 0 Å². The molecule has 2 amide bonds. The Hall–Kier alpha value is -3.45. The maximum Gasteiger partial charge on any atom is 0.252 e. The predicted octanol–water partition coefficient (Wildman–Crippen LogP) is 0.672.